The molecule has 0 amide bonds. The second-order valence-corrected chi connectivity index (χ2v) is 13.3. The average molecular weight is 481 g/mol. The Morgan fingerprint density at radius 3 is 2.21 bits per heavy atom. The molecule has 1 aliphatic heterocycles. The van der Waals surface area contributed by atoms with Gasteiger partial charge in [-0.3, -0.25) is 4.79 Å². The summed E-state index contributed by atoms with van der Waals surface area (Å²) in [4.78, 5) is 13.0. The van der Waals surface area contributed by atoms with Gasteiger partial charge in [0.05, 0.1) is 36.9 Å². The third-order valence-electron chi connectivity index (χ3n) is 11.5. The monoisotopic (exact) mass is 480 g/mol. The zero-order valence-electron chi connectivity index (χ0n) is 22.0. The number of ether oxygens (including phenoxy) is 1. The van der Waals surface area contributed by atoms with Crippen LogP contribution in [0.25, 0.3) is 0 Å². The van der Waals surface area contributed by atoms with E-state index >= 15 is 0 Å². The van der Waals surface area contributed by atoms with Gasteiger partial charge in [0.2, 0.25) is 0 Å². The number of carbonyl (C=O) groups is 1. The summed E-state index contributed by atoms with van der Waals surface area (Å²) in [7, 11) is 0. The highest BCUT2D eigenvalue weighted by molar-refractivity contribution is 5.74. The molecule has 4 rings (SSSR count). The first-order valence-corrected chi connectivity index (χ1v) is 13.7. The lowest BCUT2D eigenvalue weighted by Gasteiger charge is -2.56. The molecule has 4 N–H and O–H groups in total. The summed E-state index contributed by atoms with van der Waals surface area (Å²) in [6.45, 7) is 13.2. The largest absolute Gasteiger partial charge is 0.465 e. The number of hydrogen-bond donors (Lipinski definition) is 4. The molecule has 1 heterocycles. The van der Waals surface area contributed by atoms with Crippen molar-refractivity contribution in [1.82, 2.24) is 0 Å². The van der Waals surface area contributed by atoms with Gasteiger partial charge in [0.15, 0.2) is 0 Å². The van der Waals surface area contributed by atoms with E-state index in [1.54, 1.807) is 0 Å². The van der Waals surface area contributed by atoms with Crippen LogP contribution in [0.5, 0.6) is 0 Å². The van der Waals surface area contributed by atoms with Gasteiger partial charge in [0.1, 0.15) is 0 Å². The fourth-order valence-electron chi connectivity index (χ4n) is 8.95. The number of aliphatic hydroxyl groups is 4. The quantitative estimate of drug-likeness (QED) is 0.450. The maximum atomic E-state index is 13.0. The van der Waals surface area contributed by atoms with Crippen LogP contribution in [0.3, 0.4) is 0 Å². The first-order chi connectivity index (χ1) is 15.8. The summed E-state index contributed by atoms with van der Waals surface area (Å²) in [6, 6.07) is 0. The fourth-order valence-corrected chi connectivity index (χ4v) is 8.95. The molecule has 3 saturated carbocycles. The highest BCUT2D eigenvalue weighted by Gasteiger charge is 2.63. The molecule has 1 saturated heterocycles. The molecule has 0 aromatic heterocycles. The topological polar surface area (TPSA) is 107 Å². The number of esters is 1. The third-order valence-corrected chi connectivity index (χ3v) is 11.5. The summed E-state index contributed by atoms with van der Waals surface area (Å²) in [5.74, 6) is 0.948. The summed E-state index contributed by atoms with van der Waals surface area (Å²) < 4.78 is 5.86. The van der Waals surface area contributed by atoms with Crippen LogP contribution >= 0.6 is 0 Å². The van der Waals surface area contributed by atoms with Crippen molar-refractivity contribution in [2.45, 2.75) is 104 Å². The molecule has 0 radical (unpaired) electrons. The van der Waals surface area contributed by atoms with Crippen molar-refractivity contribution in [3.8, 4) is 0 Å². The van der Waals surface area contributed by atoms with Crippen molar-refractivity contribution < 1.29 is 30.0 Å². The van der Waals surface area contributed by atoms with E-state index in [1.165, 1.54) is 0 Å². The smallest absolute Gasteiger partial charge is 0.309 e. The van der Waals surface area contributed by atoms with Gasteiger partial charge in [-0.2, -0.15) is 0 Å². The Morgan fingerprint density at radius 1 is 0.912 bits per heavy atom. The van der Waals surface area contributed by atoms with E-state index in [0.717, 1.165) is 25.7 Å². The molecule has 34 heavy (non-hydrogen) atoms. The van der Waals surface area contributed by atoms with Crippen molar-refractivity contribution in [1.29, 1.82) is 0 Å². The van der Waals surface area contributed by atoms with E-state index in [-0.39, 0.29) is 52.8 Å². The van der Waals surface area contributed by atoms with Crippen LogP contribution in [-0.2, 0) is 9.53 Å². The molecule has 13 atom stereocenters. The van der Waals surface area contributed by atoms with E-state index in [9.17, 15) is 25.2 Å². The van der Waals surface area contributed by atoms with Gasteiger partial charge in [0, 0.05) is 0 Å². The fraction of sp³-hybridized carbons (Fsp3) is 0.964. The van der Waals surface area contributed by atoms with Crippen molar-refractivity contribution in [3.63, 3.8) is 0 Å². The molecule has 4 aliphatic rings. The van der Waals surface area contributed by atoms with Gasteiger partial charge in [0.25, 0.3) is 0 Å². The maximum Gasteiger partial charge on any atom is 0.309 e. The predicted molar refractivity (Wildman–Crippen MR) is 130 cm³/mol. The minimum absolute atomic E-state index is 0.00827. The molecule has 0 bridgehead atoms. The number of fused-ring (bicyclic) bond motifs is 5. The van der Waals surface area contributed by atoms with Crippen LogP contribution in [0, 0.1) is 58.2 Å². The normalized spacial score (nSPS) is 48.1. The van der Waals surface area contributed by atoms with Gasteiger partial charge in [-0.25, -0.2) is 0 Å². The lowest BCUT2D eigenvalue weighted by Crippen LogP contribution is -2.55. The molecular formula is C28H48O6. The Kier molecular flexibility index (Phi) is 7.23. The lowest BCUT2D eigenvalue weighted by molar-refractivity contribution is -0.162. The van der Waals surface area contributed by atoms with Gasteiger partial charge in [-0.05, 0) is 90.8 Å². The molecular weight excluding hydrogens is 432 g/mol. The van der Waals surface area contributed by atoms with E-state index < -0.39 is 24.4 Å². The Balaban J connectivity index is 1.58. The molecule has 196 valence electrons. The first-order valence-electron chi connectivity index (χ1n) is 13.7. The van der Waals surface area contributed by atoms with Crippen molar-refractivity contribution in [2.75, 3.05) is 6.61 Å². The second-order valence-electron chi connectivity index (χ2n) is 13.3. The Labute approximate surface area is 205 Å². The average Bonchev–Trinajstić information content (AvgIpc) is 3.09. The van der Waals surface area contributed by atoms with Crippen LogP contribution < -0.4 is 0 Å². The van der Waals surface area contributed by atoms with Crippen LogP contribution in [0.2, 0.25) is 0 Å². The molecule has 0 aromatic carbocycles. The molecule has 3 aliphatic carbocycles. The van der Waals surface area contributed by atoms with Gasteiger partial charge in [-0.1, -0.05) is 41.5 Å². The van der Waals surface area contributed by atoms with Crippen LogP contribution in [0.15, 0.2) is 0 Å². The number of carbonyl (C=O) groups excluding carboxylic acids is 1. The van der Waals surface area contributed by atoms with E-state index in [0.29, 0.717) is 30.8 Å². The second kappa shape index (κ2) is 9.32. The predicted octanol–water partition coefficient (Wildman–Crippen LogP) is 3.39. The van der Waals surface area contributed by atoms with Gasteiger partial charge < -0.3 is 25.2 Å². The number of aliphatic hydroxyl groups excluding tert-OH is 4. The highest BCUT2D eigenvalue weighted by Crippen LogP contribution is 2.66. The lowest BCUT2D eigenvalue weighted by atomic mass is 9.48. The molecule has 0 unspecified atom stereocenters. The summed E-state index contributed by atoms with van der Waals surface area (Å²) >= 11 is 0. The molecule has 0 spiro atoms. The van der Waals surface area contributed by atoms with E-state index in [4.69, 9.17) is 4.74 Å². The first kappa shape index (κ1) is 26.4. The highest BCUT2D eigenvalue weighted by atomic mass is 16.5. The standard InChI is InChI=1S/C28H48O6/c1-14(2)15(3)24(31)25(32)16(4)18-7-8-19-17-13-34-26(33)21-11-22(29)23(30)12-28(21,6)20(17)9-10-27(18,19)5/h14-25,29-32H,7-13H2,1-6H3/t15-,16+,17-,18-,19+,20-,21-,22-,23+,24+,25+,27+,28+/m0/s1. The summed E-state index contributed by atoms with van der Waals surface area (Å²) in [5.41, 5.74) is -0.345. The maximum absolute atomic E-state index is 13.0. The van der Waals surface area contributed by atoms with Crippen LogP contribution in [-0.4, -0.2) is 57.4 Å². The summed E-state index contributed by atoms with van der Waals surface area (Å²) in [6.07, 6.45) is 1.61. The molecule has 4 fully saturated rings. The number of hydrogen-bond acceptors (Lipinski definition) is 6. The molecule has 6 heteroatoms. The Bertz CT molecular complexity index is 755. The third kappa shape index (κ3) is 4.05. The molecule has 6 nitrogen and oxygen atoms in total. The minimum Gasteiger partial charge on any atom is -0.465 e. The van der Waals surface area contributed by atoms with Crippen molar-refractivity contribution in [3.05, 3.63) is 0 Å². The SMILES string of the molecule is CC(C)[C@H](C)[C@@H](O)[C@H](O)[C@H](C)[C@@H]1CC[C@@H]2[C@@H]3COC(=O)[C@@H]4C[C@H](O)[C@H](O)C[C@]4(C)[C@H]3CC[C@@]21C. The summed E-state index contributed by atoms with van der Waals surface area (Å²) in [5, 5.41) is 42.9. The van der Waals surface area contributed by atoms with Gasteiger partial charge in [-0.15, -0.1) is 0 Å². The zero-order chi connectivity index (χ0) is 25.2. The van der Waals surface area contributed by atoms with Crippen molar-refractivity contribution in [2.24, 2.45) is 58.2 Å². The van der Waals surface area contributed by atoms with E-state index in [1.807, 2.05) is 6.92 Å². The Morgan fingerprint density at radius 2 is 1.56 bits per heavy atom. The van der Waals surface area contributed by atoms with Gasteiger partial charge >= 0.3 is 5.97 Å². The number of rotatable bonds is 5. The minimum atomic E-state index is -0.867. The number of cyclic esters (lactones) is 1. The molecule has 0 aromatic rings. The van der Waals surface area contributed by atoms with Crippen LogP contribution in [0.4, 0.5) is 0 Å². The van der Waals surface area contributed by atoms with Crippen LogP contribution in [0.1, 0.15) is 80.1 Å². The van der Waals surface area contributed by atoms with Crippen molar-refractivity contribution >= 4 is 5.97 Å². The zero-order valence-corrected chi connectivity index (χ0v) is 22.0. The van der Waals surface area contributed by atoms with E-state index in [2.05, 4.69) is 34.6 Å². The Hall–Kier alpha value is -0.690.